The summed E-state index contributed by atoms with van der Waals surface area (Å²) >= 11 is 0. The Morgan fingerprint density at radius 1 is 1.58 bits per heavy atom. The molecule has 0 saturated heterocycles. The molecule has 68 valence electrons. The first-order valence-electron chi connectivity index (χ1n) is 4.33. The highest BCUT2D eigenvalue weighted by molar-refractivity contribution is 7.19. The molecular formula is C11H19P. The Kier molecular flexibility index (Phi) is 5.17. The van der Waals surface area contributed by atoms with Crippen molar-refractivity contribution in [2.45, 2.75) is 32.3 Å². The largest absolute Gasteiger partial charge is 0.127 e. The summed E-state index contributed by atoms with van der Waals surface area (Å²) in [7, 11) is 2.89. The maximum absolute atomic E-state index is 3.71. The minimum Gasteiger partial charge on any atom is -0.127 e. The van der Waals surface area contributed by atoms with Crippen LogP contribution < -0.4 is 0 Å². The second-order valence-electron chi connectivity index (χ2n) is 3.13. The van der Waals surface area contributed by atoms with Crippen molar-refractivity contribution in [3.05, 3.63) is 36.5 Å². The summed E-state index contributed by atoms with van der Waals surface area (Å²) in [6.07, 6.45) is 9.22. The van der Waals surface area contributed by atoms with Crippen LogP contribution in [0.2, 0.25) is 0 Å². The lowest BCUT2D eigenvalue weighted by Gasteiger charge is -2.23. The molecule has 0 heterocycles. The van der Waals surface area contributed by atoms with Crippen molar-refractivity contribution in [1.29, 1.82) is 0 Å². The van der Waals surface area contributed by atoms with Gasteiger partial charge in [0.1, 0.15) is 0 Å². The van der Waals surface area contributed by atoms with Crippen molar-refractivity contribution < 1.29 is 0 Å². The first kappa shape index (κ1) is 11.6. The van der Waals surface area contributed by atoms with Gasteiger partial charge < -0.3 is 0 Å². The van der Waals surface area contributed by atoms with Crippen LogP contribution in [0.5, 0.6) is 0 Å². The standard InChI is InChI=1S/C11H19P/c1-5-8-10(9-6-2)11(4,12)7-3/h5-6,8-9H,1,7,12H2,2-4H3/b9-6-,10-8+. The first-order valence-corrected chi connectivity index (χ1v) is 4.91. The second-order valence-corrected chi connectivity index (χ2v) is 4.40. The Bertz CT molecular complexity index is 197. The summed E-state index contributed by atoms with van der Waals surface area (Å²) in [5, 5.41) is 0.181. The van der Waals surface area contributed by atoms with E-state index in [2.05, 4.69) is 47.9 Å². The van der Waals surface area contributed by atoms with E-state index in [4.69, 9.17) is 0 Å². The summed E-state index contributed by atoms with van der Waals surface area (Å²) in [6, 6.07) is 0. The van der Waals surface area contributed by atoms with E-state index in [0.717, 1.165) is 6.42 Å². The van der Waals surface area contributed by atoms with Crippen LogP contribution in [-0.4, -0.2) is 5.16 Å². The molecule has 0 aromatic rings. The molecule has 0 fully saturated rings. The van der Waals surface area contributed by atoms with Gasteiger partial charge in [-0.05, 0) is 18.9 Å². The van der Waals surface area contributed by atoms with Gasteiger partial charge in [0.2, 0.25) is 0 Å². The van der Waals surface area contributed by atoms with E-state index in [1.807, 2.05) is 13.0 Å². The van der Waals surface area contributed by atoms with Crippen LogP contribution in [0.1, 0.15) is 27.2 Å². The normalized spacial score (nSPS) is 17.8. The van der Waals surface area contributed by atoms with Gasteiger partial charge in [-0.25, -0.2) is 0 Å². The minimum absolute atomic E-state index is 0.181. The van der Waals surface area contributed by atoms with Gasteiger partial charge in [0.15, 0.2) is 0 Å². The molecule has 0 rings (SSSR count). The molecule has 0 amide bonds. The van der Waals surface area contributed by atoms with Gasteiger partial charge in [0.25, 0.3) is 0 Å². The predicted molar refractivity (Wildman–Crippen MR) is 61.5 cm³/mol. The van der Waals surface area contributed by atoms with Crippen LogP contribution in [0.4, 0.5) is 0 Å². The van der Waals surface area contributed by atoms with Crippen LogP contribution in [0.25, 0.3) is 0 Å². The molecule has 0 spiro atoms. The summed E-state index contributed by atoms with van der Waals surface area (Å²) in [4.78, 5) is 0. The van der Waals surface area contributed by atoms with Crippen LogP contribution in [0.15, 0.2) is 36.5 Å². The van der Waals surface area contributed by atoms with Crippen LogP contribution >= 0.6 is 9.24 Å². The molecule has 0 aliphatic rings. The Hall–Kier alpha value is -0.350. The lowest BCUT2D eigenvalue weighted by molar-refractivity contribution is 0.727. The zero-order valence-electron chi connectivity index (χ0n) is 8.30. The molecule has 0 aliphatic carbocycles. The third-order valence-corrected chi connectivity index (χ3v) is 2.78. The smallest absolute Gasteiger partial charge is 0.00666 e. The Labute approximate surface area is 78.6 Å². The van der Waals surface area contributed by atoms with Crippen molar-refractivity contribution in [3.63, 3.8) is 0 Å². The van der Waals surface area contributed by atoms with Gasteiger partial charge in [-0.2, -0.15) is 0 Å². The number of hydrogen-bond acceptors (Lipinski definition) is 0. The Morgan fingerprint density at radius 2 is 2.17 bits per heavy atom. The van der Waals surface area contributed by atoms with Crippen LogP contribution in [0, 0.1) is 0 Å². The topological polar surface area (TPSA) is 0 Å². The highest BCUT2D eigenvalue weighted by Gasteiger charge is 2.17. The fraction of sp³-hybridized carbons (Fsp3) is 0.455. The summed E-state index contributed by atoms with van der Waals surface area (Å²) < 4.78 is 0. The summed E-state index contributed by atoms with van der Waals surface area (Å²) in [5.74, 6) is 0. The zero-order valence-corrected chi connectivity index (χ0v) is 9.46. The maximum Gasteiger partial charge on any atom is 0.00666 e. The average molecular weight is 182 g/mol. The van der Waals surface area contributed by atoms with Gasteiger partial charge in [-0.1, -0.05) is 44.7 Å². The molecule has 0 N–H and O–H groups in total. The molecule has 0 aromatic carbocycles. The molecule has 0 aliphatic heterocycles. The fourth-order valence-electron chi connectivity index (χ4n) is 0.947. The quantitative estimate of drug-likeness (QED) is 0.459. The Morgan fingerprint density at radius 3 is 2.50 bits per heavy atom. The van der Waals surface area contributed by atoms with Crippen LogP contribution in [0.3, 0.4) is 0 Å². The summed E-state index contributed by atoms with van der Waals surface area (Å²) in [5.41, 5.74) is 1.31. The van der Waals surface area contributed by atoms with Gasteiger partial charge in [-0.3, -0.25) is 0 Å². The number of rotatable bonds is 4. The molecule has 0 bridgehead atoms. The molecule has 12 heavy (non-hydrogen) atoms. The first-order chi connectivity index (χ1) is 5.58. The maximum atomic E-state index is 3.71. The molecule has 2 unspecified atom stereocenters. The number of allylic oxidation sites excluding steroid dienone is 5. The van der Waals surface area contributed by atoms with Crippen molar-refractivity contribution in [2.24, 2.45) is 0 Å². The second kappa shape index (κ2) is 5.32. The van der Waals surface area contributed by atoms with Crippen LogP contribution in [-0.2, 0) is 0 Å². The SMILES string of the molecule is C=C/C=C(\C=C/C)C(C)(P)CC. The molecular weight excluding hydrogens is 163 g/mol. The van der Waals surface area contributed by atoms with E-state index in [1.165, 1.54) is 5.57 Å². The van der Waals surface area contributed by atoms with Gasteiger partial charge in [-0.15, -0.1) is 9.24 Å². The molecule has 2 atom stereocenters. The monoisotopic (exact) mass is 182 g/mol. The van der Waals surface area contributed by atoms with Crippen molar-refractivity contribution in [1.82, 2.24) is 0 Å². The molecule has 0 aromatic heterocycles. The van der Waals surface area contributed by atoms with Crippen molar-refractivity contribution in [2.75, 3.05) is 0 Å². The predicted octanol–water partition coefficient (Wildman–Crippen LogP) is 3.72. The molecule has 0 radical (unpaired) electrons. The number of hydrogen-bond donors (Lipinski definition) is 0. The van der Waals surface area contributed by atoms with E-state index < -0.39 is 0 Å². The minimum atomic E-state index is 0.181. The zero-order chi connectivity index (χ0) is 9.61. The highest BCUT2D eigenvalue weighted by atomic mass is 31.0. The molecule has 0 nitrogen and oxygen atoms in total. The van der Waals surface area contributed by atoms with Gasteiger partial charge in [0, 0.05) is 5.16 Å². The molecule has 1 heteroatoms. The highest BCUT2D eigenvalue weighted by Crippen LogP contribution is 2.31. The van der Waals surface area contributed by atoms with E-state index in [-0.39, 0.29) is 5.16 Å². The van der Waals surface area contributed by atoms with E-state index in [0.29, 0.717) is 0 Å². The van der Waals surface area contributed by atoms with E-state index in [1.54, 1.807) is 0 Å². The Balaban J connectivity index is 4.73. The lowest BCUT2D eigenvalue weighted by Crippen LogP contribution is -2.15. The third-order valence-electron chi connectivity index (χ3n) is 2.04. The van der Waals surface area contributed by atoms with E-state index >= 15 is 0 Å². The van der Waals surface area contributed by atoms with Crippen molar-refractivity contribution in [3.8, 4) is 0 Å². The van der Waals surface area contributed by atoms with Gasteiger partial charge >= 0.3 is 0 Å². The molecule has 0 saturated carbocycles. The van der Waals surface area contributed by atoms with E-state index in [9.17, 15) is 0 Å². The lowest BCUT2D eigenvalue weighted by atomic mass is 9.96. The average Bonchev–Trinajstić information content (AvgIpc) is 2.04. The van der Waals surface area contributed by atoms with Gasteiger partial charge in [0.05, 0.1) is 0 Å². The summed E-state index contributed by atoms with van der Waals surface area (Å²) in [6.45, 7) is 10.1. The third kappa shape index (κ3) is 3.36. The van der Waals surface area contributed by atoms with Crippen molar-refractivity contribution >= 4 is 9.24 Å². The fourth-order valence-corrected chi connectivity index (χ4v) is 1.14.